The Morgan fingerprint density at radius 2 is 2.25 bits per heavy atom. The smallest absolute Gasteiger partial charge is 0.104 e. The number of halogens is 1. The molecule has 0 unspecified atom stereocenters. The molecule has 0 spiro atoms. The average Bonchev–Trinajstić information content (AvgIpc) is 2.33. The molecule has 0 bridgehead atoms. The Labute approximate surface area is 80.1 Å². The fourth-order valence-electron chi connectivity index (χ4n) is 0.807. The molecule has 12 heavy (non-hydrogen) atoms. The van der Waals surface area contributed by atoms with Crippen molar-refractivity contribution in [3.05, 3.63) is 16.4 Å². The zero-order valence-electron chi connectivity index (χ0n) is 7.30. The number of aromatic nitrogens is 2. The van der Waals surface area contributed by atoms with E-state index in [0.717, 1.165) is 10.3 Å². The van der Waals surface area contributed by atoms with Gasteiger partial charge in [0.05, 0.1) is 17.2 Å². The van der Waals surface area contributed by atoms with Gasteiger partial charge in [0, 0.05) is 7.05 Å². The van der Waals surface area contributed by atoms with Crippen LogP contribution in [0.5, 0.6) is 0 Å². The Morgan fingerprint density at radius 1 is 1.67 bits per heavy atom. The van der Waals surface area contributed by atoms with Crippen LogP contribution in [-0.2, 0) is 12.5 Å². The molecule has 1 aromatic rings. The van der Waals surface area contributed by atoms with E-state index in [-0.39, 0.29) is 0 Å². The molecule has 0 aliphatic rings. The predicted molar refractivity (Wildman–Crippen MR) is 49.5 cm³/mol. The van der Waals surface area contributed by atoms with E-state index in [4.69, 9.17) is 5.26 Å². The Bertz CT molecular complexity index is 313. The molecular formula is C8H10BrN3. The second-order valence-electron chi connectivity index (χ2n) is 3.21. The van der Waals surface area contributed by atoms with Crippen molar-refractivity contribution in [1.82, 2.24) is 9.78 Å². The van der Waals surface area contributed by atoms with Crippen molar-refractivity contribution < 1.29 is 0 Å². The van der Waals surface area contributed by atoms with Crippen molar-refractivity contribution in [2.45, 2.75) is 19.3 Å². The van der Waals surface area contributed by atoms with Crippen molar-refractivity contribution in [3.63, 3.8) is 0 Å². The standard InChI is InChI=1S/C8H10BrN3/c1-8(2,5-10)6-4-7(9)12(3)11-6/h4H,1-3H3. The third kappa shape index (κ3) is 1.51. The summed E-state index contributed by atoms with van der Waals surface area (Å²) in [5.74, 6) is 0. The lowest BCUT2D eigenvalue weighted by atomic mass is 9.92. The van der Waals surface area contributed by atoms with E-state index >= 15 is 0 Å². The van der Waals surface area contributed by atoms with Crippen molar-refractivity contribution in [2.24, 2.45) is 7.05 Å². The average molecular weight is 228 g/mol. The second-order valence-corrected chi connectivity index (χ2v) is 4.03. The quantitative estimate of drug-likeness (QED) is 0.737. The van der Waals surface area contributed by atoms with E-state index in [1.165, 1.54) is 0 Å². The van der Waals surface area contributed by atoms with E-state index in [0.29, 0.717) is 0 Å². The van der Waals surface area contributed by atoms with Gasteiger partial charge < -0.3 is 0 Å². The van der Waals surface area contributed by atoms with Crippen LogP contribution in [-0.4, -0.2) is 9.78 Å². The SMILES string of the molecule is Cn1nc(C(C)(C)C#N)cc1Br. The van der Waals surface area contributed by atoms with Gasteiger partial charge in [-0.3, -0.25) is 4.68 Å². The van der Waals surface area contributed by atoms with Gasteiger partial charge in [-0.15, -0.1) is 0 Å². The predicted octanol–water partition coefficient (Wildman–Crippen LogP) is 1.98. The van der Waals surface area contributed by atoms with Gasteiger partial charge in [0.15, 0.2) is 0 Å². The summed E-state index contributed by atoms with van der Waals surface area (Å²) in [7, 11) is 1.83. The molecule has 0 fully saturated rings. The molecule has 0 aromatic carbocycles. The van der Waals surface area contributed by atoms with Gasteiger partial charge in [0.25, 0.3) is 0 Å². The van der Waals surface area contributed by atoms with E-state index < -0.39 is 5.41 Å². The molecule has 3 nitrogen and oxygen atoms in total. The van der Waals surface area contributed by atoms with E-state index in [1.807, 2.05) is 27.0 Å². The van der Waals surface area contributed by atoms with Gasteiger partial charge >= 0.3 is 0 Å². The summed E-state index contributed by atoms with van der Waals surface area (Å²) in [6.45, 7) is 3.70. The fraction of sp³-hybridized carbons (Fsp3) is 0.500. The molecule has 0 N–H and O–H groups in total. The highest BCUT2D eigenvalue weighted by Gasteiger charge is 2.23. The Kier molecular flexibility index (Phi) is 2.25. The van der Waals surface area contributed by atoms with Crippen molar-refractivity contribution in [2.75, 3.05) is 0 Å². The highest BCUT2D eigenvalue weighted by atomic mass is 79.9. The molecule has 64 valence electrons. The van der Waals surface area contributed by atoms with E-state index in [1.54, 1.807) is 4.68 Å². The number of hydrogen-bond donors (Lipinski definition) is 0. The van der Waals surface area contributed by atoms with Crippen LogP contribution in [0.1, 0.15) is 19.5 Å². The maximum absolute atomic E-state index is 8.83. The summed E-state index contributed by atoms with van der Waals surface area (Å²) in [5.41, 5.74) is 0.281. The third-order valence-electron chi connectivity index (χ3n) is 1.74. The molecule has 0 saturated heterocycles. The number of aryl methyl sites for hydroxylation is 1. The molecule has 0 atom stereocenters. The van der Waals surface area contributed by atoms with Gasteiger partial charge in [0.2, 0.25) is 0 Å². The minimum Gasteiger partial charge on any atom is -0.261 e. The van der Waals surface area contributed by atoms with Crippen molar-refractivity contribution >= 4 is 15.9 Å². The second kappa shape index (κ2) is 2.91. The summed E-state index contributed by atoms with van der Waals surface area (Å²) < 4.78 is 2.59. The molecule has 0 aliphatic heterocycles. The Hall–Kier alpha value is -0.820. The van der Waals surface area contributed by atoms with Crippen LogP contribution in [0.4, 0.5) is 0 Å². The van der Waals surface area contributed by atoms with Crippen LogP contribution in [0.15, 0.2) is 10.7 Å². The van der Waals surface area contributed by atoms with Gasteiger partial charge in [-0.2, -0.15) is 10.4 Å². The van der Waals surface area contributed by atoms with Gasteiger partial charge in [-0.1, -0.05) is 0 Å². The summed E-state index contributed by atoms with van der Waals surface area (Å²) in [5, 5.41) is 13.0. The number of nitriles is 1. The summed E-state index contributed by atoms with van der Waals surface area (Å²) in [4.78, 5) is 0. The molecular weight excluding hydrogens is 218 g/mol. The van der Waals surface area contributed by atoms with Crippen LogP contribution in [0.2, 0.25) is 0 Å². The van der Waals surface area contributed by atoms with Crippen LogP contribution in [0.25, 0.3) is 0 Å². The summed E-state index contributed by atoms with van der Waals surface area (Å²) in [6, 6.07) is 4.07. The minimum atomic E-state index is -0.510. The van der Waals surface area contributed by atoms with Crippen LogP contribution in [0.3, 0.4) is 0 Å². The van der Waals surface area contributed by atoms with Gasteiger partial charge in [0.1, 0.15) is 4.60 Å². The fourth-order valence-corrected chi connectivity index (χ4v) is 1.10. The van der Waals surface area contributed by atoms with Crippen molar-refractivity contribution in [3.8, 4) is 6.07 Å². The number of rotatable bonds is 1. The van der Waals surface area contributed by atoms with Crippen molar-refractivity contribution in [1.29, 1.82) is 5.26 Å². The lowest BCUT2D eigenvalue weighted by Gasteiger charge is -2.09. The van der Waals surface area contributed by atoms with E-state index in [2.05, 4.69) is 27.1 Å². The first-order valence-corrected chi connectivity index (χ1v) is 4.38. The monoisotopic (exact) mass is 227 g/mol. The zero-order valence-corrected chi connectivity index (χ0v) is 8.88. The molecule has 0 saturated carbocycles. The van der Waals surface area contributed by atoms with Crippen LogP contribution < -0.4 is 0 Å². The lowest BCUT2D eigenvalue weighted by Crippen LogP contribution is -2.14. The largest absolute Gasteiger partial charge is 0.261 e. The Balaban J connectivity index is 3.14. The maximum Gasteiger partial charge on any atom is 0.104 e. The van der Waals surface area contributed by atoms with Gasteiger partial charge in [-0.25, -0.2) is 0 Å². The summed E-state index contributed by atoms with van der Waals surface area (Å²) in [6.07, 6.45) is 0. The molecule has 1 rings (SSSR count). The molecule has 1 aromatic heterocycles. The zero-order chi connectivity index (χ0) is 9.35. The van der Waals surface area contributed by atoms with Gasteiger partial charge in [-0.05, 0) is 35.8 Å². The first-order valence-electron chi connectivity index (χ1n) is 3.58. The molecule has 0 radical (unpaired) electrons. The first-order chi connectivity index (χ1) is 5.47. The molecule has 0 aliphatic carbocycles. The number of nitrogens with zero attached hydrogens (tertiary/aromatic N) is 3. The van der Waals surface area contributed by atoms with Crippen LogP contribution >= 0.6 is 15.9 Å². The summed E-state index contributed by atoms with van der Waals surface area (Å²) >= 11 is 3.33. The lowest BCUT2D eigenvalue weighted by molar-refractivity contribution is 0.625. The maximum atomic E-state index is 8.83. The number of hydrogen-bond acceptors (Lipinski definition) is 2. The van der Waals surface area contributed by atoms with E-state index in [9.17, 15) is 0 Å². The molecule has 0 amide bonds. The first kappa shape index (κ1) is 9.27. The van der Waals surface area contributed by atoms with Crippen LogP contribution in [0, 0.1) is 11.3 Å². The minimum absolute atomic E-state index is 0.510. The highest BCUT2D eigenvalue weighted by molar-refractivity contribution is 9.10. The Morgan fingerprint density at radius 3 is 2.58 bits per heavy atom. The third-order valence-corrected chi connectivity index (χ3v) is 2.48. The topological polar surface area (TPSA) is 41.6 Å². The molecule has 1 heterocycles. The normalized spacial score (nSPS) is 11.2. The molecule has 4 heteroatoms. The highest BCUT2D eigenvalue weighted by Crippen LogP contribution is 2.23.